The molecule has 2 N–H and O–H groups in total. The molecular formula is C10H23NO5Si. The maximum absolute atomic E-state index is 10.3. The molecule has 0 aromatic heterocycles. The van der Waals surface area contributed by atoms with E-state index in [1.165, 1.54) is 0 Å². The van der Waals surface area contributed by atoms with Crippen LogP contribution in [0.25, 0.3) is 0 Å². The summed E-state index contributed by atoms with van der Waals surface area (Å²) in [6.45, 7) is 1.31. The Kier molecular flexibility index (Phi) is 9.28. The zero-order valence-corrected chi connectivity index (χ0v) is 11.8. The highest BCUT2D eigenvalue weighted by molar-refractivity contribution is 6.60. The summed E-state index contributed by atoms with van der Waals surface area (Å²) in [5, 5.41) is 11.5. The van der Waals surface area contributed by atoms with Crippen LogP contribution in [-0.4, -0.2) is 54.3 Å². The van der Waals surface area contributed by atoms with E-state index in [0.29, 0.717) is 6.54 Å². The lowest BCUT2D eigenvalue weighted by Gasteiger charge is -2.24. The summed E-state index contributed by atoms with van der Waals surface area (Å²) in [6.07, 6.45) is 2.04. The van der Waals surface area contributed by atoms with Gasteiger partial charge in [-0.15, -0.1) is 0 Å². The van der Waals surface area contributed by atoms with Crippen molar-refractivity contribution in [2.24, 2.45) is 0 Å². The molecule has 0 spiro atoms. The van der Waals surface area contributed by atoms with E-state index in [2.05, 4.69) is 5.32 Å². The van der Waals surface area contributed by atoms with Gasteiger partial charge in [-0.2, -0.15) is 0 Å². The van der Waals surface area contributed by atoms with Crippen LogP contribution in [0, 0.1) is 0 Å². The summed E-state index contributed by atoms with van der Waals surface area (Å²) >= 11 is 0. The van der Waals surface area contributed by atoms with Crippen LogP contribution in [0.3, 0.4) is 0 Å². The topological polar surface area (TPSA) is 77.0 Å². The standard InChI is InChI=1S/C10H23NO5Si/c1-14-17(15-2,16-3)9-5-4-7-11-8-6-10(12)13/h11H,4-9H2,1-3H3,(H,12,13). The average Bonchev–Trinajstić information content (AvgIpc) is 2.33. The van der Waals surface area contributed by atoms with Crippen molar-refractivity contribution in [2.45, 2.75) is 25.3 Å². The van der Waals surface area contributed by atoms with Gasteiger partial charge in [-0.05, 0) is 19.4 Å². The predicted octanol–water partition coefficient (Wildman–Crippen LogP) is 0.709. The highest BCUT2D eigenvalue weighted by Gasteiger charge is 2.36. The minimum atomic E-state index is -2.43. The zero-order chi connectivity index (χ0) is 13.1. The number of hydrogen-bond donors (Lipinski definition) is 2. The van der Waals surface area contributed by atoms with E-state index in [1.807, 2.05) is 0 Å². The van der Waals surface area contributed by atoms with E-state index >= 15 is 0 Å². The first-order valence-corrected chi connectivity index (χ1v) is 7.61. The van der Waals surface area contributed by atoms with Gasteiger partial charge in [0.2, 0.25) is 0 Å². The van der Waals surface area contributed by atoms with Crippen molar-refractivity contribution < 1.29 is 23.2 Å². The van der Waals surface area contributed by atoms with E-state index in [1.54, 1.807) is 21.3 Å². The van der Waals surface area contributed by atoms with E-state index in [9.17, 15) is 4.79 Å². The second kappa shape index (κ2) is 9.55. The molecular weight excluding hydrogens is 242 g/mol. The molecule has 0 heterocycles. The zero-order valence-electron chi connectivity index (χ0n) is 10.8. The molecule has 0 aliphatic carbocycles. The monoisotopic (exact) mass is 265 g/mol. The number of carboxylic acid groups (broad SMARTS) is 1. The Balaban J connectivity index is 3.52. The first-order chi connectivity index (χ1) is 8.10. The fraction of sp³-hybridized carbons (Fsp3) is 0.900. The van der Waals surface area contributed by atoms with Crippen molar-refractivity contribution in [1.29, 1.82) is 0 Å². The molecule has 0 aliphatic heterocycles. The number of carboxylic acids is 1. The molecule has 0 radical (unpaired) electrons. The number of rotatable bonds is 11. The first-order valence-electron chi connectivity index (χ1n) is 5.68. The van der Waals surface area contributed by atoms with E-state index in [4.69, 9.17) is 18.4 Å². The van der Waals surface area contributed by atoms with Gasteiger partial charge in [-0.25, -0.2) is 0 Å². The summed E-state index contributed by atoms with van der Waals surface area (Å²) in [5.41, 5.74) is 0. The summed E-state index contributed by atoms with van der Waals surface area (Å²) in [6, 6.07) is 0.775. The molecule has 102 valence electrons. The maximum atomic E-state index is 10.3. The number of hydrogen-bond acceptors (Lipinski definition) is 5. The van der Waals surface area contributed by atoms with Gasteiger partial charge >= 0.3 is 14.8 Å². The number of nitrogens with one attached hydrogen (secondary N) is 1. The molecule has 17 heavy (non-hydrogen) atoms. The van der Waals surface area contributed by atoms with Crippen LogP contribution in [0.15, 0.2) is 0 Å². The molecule has 6 nitrogen and oxygen atoms in total. The lowest BCUT2D eigenvalue weighted by Crippen LogP contribution is -2.42. The Morgan fingerprint density at radius 2 is 1.71 bits per heavy atom. The normalized spacial score (nSPS) is 11.7. The second-order valence-electron chi connectivity index (χ2n) is 3.65. The minimum Gasteiger partial charge on any atom is -0.481 e. The van der Waals surface area contributed by atoms with Crippen molar-refractivity contribution >= 4 is 14.8 Å². The average molecular weight is 265 g/mol. The largest absolute Gasteiger partial charge is 0.500 e. The van der Waals surface area contributed by atoms with E-state index in [0.717, 1.165) is 25.4 Å². The van der Waals surface area contributed by atoms with Crippen LogP contribution >= 0.6 is 0 Å². The lowest BCUT2D eigenvalue weighted by molar-refractivity contribution is -0.136. The minimum absolute atomic E-state index is 0.160. The third-order valence-electron chi connectivity index (χ3n) is 2.54. The predicted molar refractivity (Wildman–Crippen MR) is 65.9 cm³/mol. The Morgan fingerprint density at radius 3 is 2.18 bits per heavy atom. The second-order valence-corrected chi connectivity index (χ2v) is 6.74. The van der Waals surface area contributed by atoms with Gasteiger partial charge in [0.15, 0.2) is 0 Å². The van der Waals surface area contributed by atoms with Gasteiger partial charge in [0, 0.05) is 33.9 Å². The quantitative estimate of drug-likeness (QED) is 0.423. The van der Waals surface area contributed by atoms with Gasteiger partial charge in [0.1, 0.15) is 0 Å². The SMILES string of the molecule is CO[Si](CCCCNCCC(=O)O)(OC)OC. The molecule has 0 unspecified atom stereocenters. The number of unbranched alkanes of at least 4 members (excludes halogenated alkanes) is 1. The van der Waals surface area contributed by atoms with Crippen molar-refractivity contribution in [3.05, 3.63) is 0 Å². The third-order valence-corrected chi connectivity index (χ3v) is 5.37. The van der Waals surface area contributed by atoms with Crippen molar-refractivity contribution in [1.82, 2.24) is 5.32 Å². The van der Waals surface area contributed by atoms with Gasteiger partial charge in [0.05, 0.1) is 6.42 Å². The Labute approximate surface area is 104 Å². The molecule has 0 saturated heterocycles. The molecule has 0 bridgehead atoms. The summed E-state index contributed by atoms with van der Waals surface area (Å²) in [4.78, 5) is 10.3. The lowest BCUT2D eigenvalue weighted by atomic mass is 10.3. The highest BCUT2D eigenvalue weighted by Crippen LogP contribution is 2.15. The maximum Gasteiger partial charge on any atom is 0.500 e. The van der Waals surface area contributed by atoms with E-state index in [-0.39, 0.29) is 6.42 Å². The molecule has 0 aliphatic rings. The first kappa shape index (κ1) is 16.5. The summed E-state index contributed by atoms with van der Waals surface area (Å²) in [7, 11) is 2.38. The Hall–Kier alpha value is -0.473. The molecule has 0 aromatic rings. The Bertz CT molecular complexity index is 203. The van der Waals surface area contributed by atoms with Gasteiger partial charge in [0.25, 0.3) is 0 Å². The Morgan fingerprint density at radius 1 is 1.12 bits per heavy atom. The fourth-order valence-electron chi connectivity index (χ4n) is 1.47. The fourth-order valence-corrected chi connectivity index (χ4v) is 3.26. The smallest absolute Gasteiger partial charge is 0.481 e. The van der Waals surface area contributed by atoms with Crippen LogP contribution in [-0.2, 0) is 18.1 Å². The third kappa shape index (κ3) is 7.45. The van der Waals surface area contributed by atoms with Crippen LogP contribution in [0.5, 0.6) is 0 Å². The van der Waals surface area contributed by atoms with Crippen molar-refractivity contribution in [2.75, 3.05) is 34.4 Å². The van der Waals surface area contributed by atoms with E-state index < -0.39 is 14.8 Å². The summed E-state index contributed by atoms with van der Waals surface area (Å²) < 4.78 is 15.9. The molecule has 0 atom stereocenters. The highest BCUT2D eigenvalue weighted by atomic mass is 28.4. The molecule has 7 heteroatoms. The van der Waals surface area contributed by atoms with Crippen LogP contribution in [0.1, 0.15) is 19.3 Å². The van der Waals surface area contributed by atoms with Crippen LogP contribution in [0.2, 0.25) is 6.04 Å². The molecule has 0 fully saturated rings. The summed E-state index contributed by atoms with van der Waals surface area (Å²) in [5.74, 6) is -0.776. The number of aliphatic carboxylic acids is 1. The molecule has 0 aromatic carbocycles. The molecule has 0 saturated carbocycles. The van der Waals surface area contributed by atoms with Gasteiger partial charge in [-0.1, -0.05) is 0 Å². The number of carbonyl (C=O) groups is 1. The van der Waals surface area contributed by atoms with Crippen molar-refractivity contribution in [3.63, 3.8) is 0 Å². The van der Waals surface area contributed by atoms with Crippen LogP contribution in [0.4, 0.5) is 0 Å². The van der Waals surface area contributed by atoms with Gasteiger partial charge in [-0.3, -0.25) is 4.79 Å². The molecule has 0 rings (SSSR count). The van der Waals surface area contributed by atoms with Crippen LogP contribution < -0.4 is 5.32 Å². The molecule has 0 amide bonds. The van der Waals surface area contributed by atoms with Crippen molar-refractivity contribution in [3.8, 4) is 0 Å². The van der Waals surface area contributed by atoms with Gasteiger partial charge < -0.3 is 23.7 Å².